The molecule has 12 heteroatoms. The van der Waals surface area contributed by atoms with Crippen molar-refractivity contribution >= 4 is 22.0 Å². The molecule has 1 saturated heterocycles. The van der Waals surface area contributed by atoms with Crippen molar-refractivity contribution in [3.8, 4) is 0 Å². The molecule has 0 bridgehead atoms. The van der Waals surface area contributed by atoms with Crippen LogP contribution >= 0.6 is 0 Å². The first-order chi connectivity index (χ1) is 14.5. The van der Waals surface area contributed by atoms with Crippen LogP contribution in [0.2, 0.25) is 0 Å². The normalized spacial score (nSPS) is 26.6. The van der Waals surface area contributed by atoms with Crippen molar-refractivity contribution in [2.24, 2.45) is 0 Å². The fourth-order valence-corrected chi connectivity index (χ4v) is 4.71. The summed E-state index contributed by atoms with van der Waals surface area (Å²) in [6.45, 7) is 4.44. The lowest BCUT2D eigenvalue weighted by Crippen LogP contribution is -2.60. The van der Waals surface area contributed by atoms with Crippen molar-refractivity contribution in [2.75, 3.05) is 13.1 Å². The fraction of sp³-hybridized carbons (Fsp3) is 0.579. The molecular weight excluding hydrogens is 434 g/mol. The van der Waals surface area contributed by atoms with Crippen molar-refractivity contribution in [3.05, 3.63) is 29.8 Å². The van der Waals surface area contributed by atoms with Gasteiger partial charge in [0.05, 0.1) is 10.5 Å². The molecule has 1 aromatic rings. The number of rotatable bonds is 9. The minimum Gasteiger partial charge on any atom is -0.479 e. The third-order valence-corrected chi connectivity index (χ3v) is 6.62. The Morgan fingerprint density at radius 3 is 2.03 bits per heavy atom. The van der Waals surface area contributed by atoms with Gasteiger partial charge in [0, 0.05) is 13.1 Å². The van der Waals surface area contributed by atoms with Gasteiger partial charge in [-0.15, -0.1) is 0 Å². The van der Waals surface area contributed by atoms with E-state index in [1.54, 1.807) is 0 Å². The van der Waals surface area contributed by atoms with Gasteiger partial charge >= 0.3 is 11.9 Å². The highest BCUT2D eigenvalue weighted by atomic mass is 32.2. The second kappa shape index (κ2) is 10.5. The number of carboxylic acid groups (broad SMARTS) is 1. The maximum atomic E-state index is 12.8. The van der Waals surface area contributed by atoms with Crippen LogP contribution in [0, 0.1) is 0 Å². The molecule has 5 unspecified atom stereocenters. The third-order valence-electron chi connectivity index (χ3n) is 4.71. The monoisotopic (exact) mass is 461 g/mol. The molecule has 1 aliphatic rings. The molecule has 31 heavy (non-hydrogen) atoms. The number of carbonyl (C=O) groups is 2. The Kier molecular flexibility index (Phi) is 8.51. The summed E-state index contributed by atoms with van der Waals surface area (Å²) in [4.78, 5) is 23.5. The zero-order valence-electron chi connectivity index (χ0n) is 17.1. The molecule has 0 radical (unpaired) electrons. The summed E-state index contributed by atoms with van der Waals surface area (Å²) in [6, 6.07) is 4.89. The highest BCUT2D eigenvalue weighted by molar-refractivity contribution is 7.89. The highest BCUT2D eigenvalue weighted by Gasteiger charge is 2.48. The van der Waals surface area contributed by atoms with E-state index in [1.807, 2.05) is 13.8 Å². The minimum atomic E-state index is -3.74. The number of hydrogen-bond donors (Lipinski definition) is 4. The standard InChI is InChI=1S/C19H27NO10S/c1-3-9-20(10-4-2)31(27,28)12-7-5-11(6-8-12)18(26)30-19-15(23)13(21)14(22)16(29-19)17(24)25/h5-8,13-16,19,21-23H,3-4,9-10H2,1-2H3,(H,24,25). The number of nitrogens with zero attached hydrogens (tertiary/aromatic N) is 1. The van der Waals surface area contributed by atoms with Gasteiger partial charge in [-0.25, -0.2) is 18.0 Å². The number of carbonyl (C=O) groups excluding carboxylic acids is 1. The molecule has 1 aromatic carbocycles. The Labute approximate surface area is 179 Å². The van der Waals surface area contributed by atoms with Crippen LogP contribution < -0.4 is 0 Å². The number of esters is 1. The average molecular weight is 461 g/mol. The topological polar surface area (TPSA) is 171 Å². The molecule has 0 aliphatic carbocycles. The number of hydrogen-bond acceptors (Lipinski definition) is 9. The van der Waals surface area contributed by atoms with Crippen LogP contribution in [0.3, 0.4) is 0 Å². The fourth-order valence-electron chi connectivity index (χ4n) is 3.09. The molecule has 1 fully saturated rings. The van der Waals surface area contributed by atoms with E-state index in [-0.39, 0.29) is 10.5 Å². The summed E-state index contributed by atoms with van der Waals surface area (Å²) in [5.41, 5.74) is -0.0835. The van der Waals surface area contributed by atoms with E-state index in [0.717, 1.165) is 0 Å². The van der Waals surface area contributed by atoms with Gasteiger partial charge in [-0.1, -0.05) is 13.8 Å². The van der Waals surface area contributed by atoms with E-state index >= 15 is 0 Å². The molecule has 11 nitrogen and oxygen atoms in total. The molecule has 5 atom stereocenters. The van der Waals surface area contributed by atoms with Crippen LogP contribution in [-0.4, -0.2) is 88.9 Å². The van der Waals surface area contributed by atoms with Crippen LogP contribution in [0.1, 0.15) is 37.0 Å². The molecule has 0 spiro atoms. The van der Waals surface area contributed by atoms with E-state index in [1.165, 1.54) is 28.6 Å². The zero-order chi connectivity index (χ0) is 23.3. The zero-order valence-corrected chi connectivity index (χ0v) is 17.9. The Bertz CT molecular complexity index is 866. The Morgan fingerprint density at radius 1 is 1.00 bits per heavy atom. The van der Waals surface area contributed by atoms with Gasteiger partial charge in [0.15, 0.2) is 6.10 Å². The smallest absolute Gasteiger partial charge is 0.340 e. The van der Waals surface area contributed by atoms with Crippen LogP contribution in [0.5, 0.6) is 0 Å². The van der Waals surface area contributed by atoms with E-state index < -0.39 is 52.7 Å². The second-order valence-electron chi connectivity index (χ2n) is 7.07. The van der Waals surface area contributed by atoms with E-state index in [2.05, 4.69) is 0 Å². The number of aliphatic carboxylic acids is 1. The summed E-state index contributed by atoms with van der Waals surface area (Å²) in [5.74, 6) is -2.66. The Balaban J connectivity index is 2.16. The van der Waals surface area contributed by atoms with Crippen LogP contribution in [0.4, 0.5) is 0 Å². The summed E-state index contributed by atoms with van der Waals surface area (Å²) >= 11 is 0. The number of sulfonamides is 1. The highest BCUT2D eigenvalue weighted by Crippen LogP contribution is 2.24. The molecule has 0 aromatic heterocycles. The lowest BCUT2D eigenvalue weighted by atomic mass is 9.99. The summed E-state index contributed by atoms with van der Waals surface area (Å²) < 4.78 is 36.7. The molecule has 2 rings (SSSR count). The van der Waals surface area contributed by atoms with E-state index in [9.17, 15) is 33.3 Å². The van der Waals surface area contributed by atoms with Crippen LogP contribution in [0.25, 0.3) is 0 Å². The van der Waals surface area contributed by atoms with Crippen molar-refractivity contribution in [1.29, 1.82) is 0 Å². The minimum absolute atomic E-state index is 0.00983. The van der Waals surface area contributed by atoms with Crippen molar-refractivity contribution in [3.63, 3.8) is 0 Å². The largest absolute Gasteiger partial charge is 0.479 e. The average Bonchev–Trinajstić information content (AvgIpc) is 2.73. The molecule has 174 valence electrons. The number of aliphatic hydroxyl groups excluding tert-OH is 3. The summed E-state index contributed by atoms with van der Waals surface area (Å²) in [6.07, 6.45) is -8.18. The van der Waals surface area contributed by atoms with Crippen molar-refractivity contribution < 1.29 is 47.9 Å². The predicted octanol–water partition coefficient (Wildman–Crippen LogP) is -0.454. The molecule has 1 heterocycles. The molecule has 0 amide bonds. The second-order valence-corrected chi connectivity index (χ2v) is 9.01. The van der Waals surface area contributed by atoms with Crippen molar-refractivity contribution in [2.45, 2.75) is 62.3 Å². The van der Waals surface area contributed by atoms with Crippen LogP contribution in [0.15, 0.2) is 29.2 Å². The maximum Gasteiger partial charge on any atom is 0.340 e. The SMILES string of the molecule is CCCN(CCC)S(=O)(=O)c1ccc(C(=O)OC2OC(C(=O)O)C(O)C(O)C2O)cc1. The number of benzene rings is 1. The molecule has 4 N–H and O–H groups in total. The van der Waals surface area contributed by atoms with Gasteiger partial charge in [-0.05, 0) is 37.1 Å². The first-order valence-corrected chi connectivity index (χ1v) is 11.2. The van der Waals surface area contributed by atoms with Gasteiger partial charge in [0.2, 0.25) is 16.3 Å². The van der Waals surface area contributed by atoms with Gasteiger partial charge in [-0.3, -0.25) is 0 Å². The lowest BCUT2D eigenvalue weighted by molar-refractivity contribution is -0.278. The van der Waals surface area contributed by atoms with Gasteiger partial charge in [0.25, 0.3) is 0 Å². The Hall–Kier alpha value is -2.09. The number of aliphatic hydroxyl groups is 3. The number of ether oxygens (including phenoxy) is 2. The quantitative estimate of drug-likeness (QED) is 0.353. The van der Waals surface area contributed by atoms with Crippen molar-refractivity contribution in [1.82, 2.24) is 4.31 Å². The van der Waals surface area contributed by atoms with Gasteiger partial charge in [-0.2, -0.15) is 4.31 Å². The van der Waals surface area contributed by atoms with E-state index in [4.69, 9.17) is 14.6 Å². The predicted molar refractivity (Wildman–Crippen MR) is 106 cm³/mol. The molecule has 0 saturated carbocycles. The summed E-state index contributed by atoms with van der Waals surface area (Å²) in [5, 5.41) is 38.4. The first kappa shape index (κ1) is 25.2. The van der Waals surface area contributed by atoms with Crippen LogP contribution in [-0.2, 0) is 24.3 Å². The maximum absolute atomic E-state index is 12.8. The first-order valence-electron chi connectivity index (χ1n) is 9.78. The van der Waals surface area contributed by atoms with Gasteiger partial charge in [0.1, 0.15) is 18.3 Å². The lowest BCUT2D eigenvalue weighted by Gasteiger charge is -2.37. The van der Waals surface area contributed by atoms with Gasteiger partial charge < -0.3 is 29.9 Å². The number of carboxylic acids is 1. The third kappa shape index (κ3) is 5.59. The molecule has 1 aliphatic heterocycles. The molecular formula is C19H27NO10S. The van der Waals surface area contributed by atoms with E-state index in [0.29, 0.717) is 25.9 Å². The summed E-state index contributed by atoms with van der Waals surface area (Å²) in [7, 11) is -3.74. The Morgan fingerprint density at radius 2 is 1.55 bits per heavy atom.